The number of ether oxygens (including phenoxy) is 2. The molecule has 19 heavy (non-hydrogen) atoms. The summed E-state index contributed by atoms with van der Waals surface area (Å²) in [4.78, 5) is 11.0. The Hall–Kier alpha value is -1.60. The van der Waals surface area contributed by atoms with Crippen molar-refractivity contribution in [2.24, 2.45) is 0 Å². The first-order valence-electron chi connectivity index (χ1n) is 5.70. The smallest absolute Gasteiger partial charge is 0.320 e. The predicted octanol–water partition coefficient (Wildman–Crippen LogP) is 0.845. The molecule has 1 aromatic rings. The molecule has 1 N–H and O–H groups in total. The van der Waals surface area contributed by atoms with E-state index in [4.69, 9.17) is 4.74 Å². The maximum atomic E-state index is 11.9. The van der Waals surface area contributed by atoms with Gasteiger partial charge in [0.15, 0.2) is 0 Å². The number of esters is 1. The average Bonchev–Trinajstić information content (AvgIpc) is 2.38. The molecular formula is C12H17NO5S. The Labute approximate surface area is 112 Å². The van der Waals surface area contributed by atoms with Gasteiger partial charge < -0.3 is 9.47 Å². The van der Waals surface area contributed by atoms with E-state index in [1.165, 1.54) is 19.2 Å². The third kappa shape index (κ3) is 4.22. The molecule has 0 bridgehead atoms. The Balaban J connectivity index is 2.90. The van der Waals surface area contributed by atoms with Gasteiger partial charge in [-0.3, -0.25) is 4.79 Å². The molecule has 0 aliphatic heterocycles. The van der Waals surface area contributed by atoms with Crippen LogP contribution in [-0.4, -0.2) is 34.6 Å². The van der Waals surface area contributed by atoms with Crippen LogP contribution in [0.5, 0.6) is 5.75 Å². The van der Waals surface area contributed by atoms with Crippen LogP contribution in [0.1, 0.15) is 12.5 Å². The minimum atomic E-state index is -3.73. The summed E-state index contributed by atoms with van der Waals surface area (Å²) in [5, 5.41) is 0. The van der Waals surface area contributed by atoms with E-state index in [2.05, 4.69) is 9.46 Å². The largest absolute Gasteiger partial charge is 0.494 e. The van der Waals surface area contributed by atoms with E-state index < -0.39 is 22.5 Å². The minimum absolute atomic E-state index is 0.0809. The lowest BCUT2D eigenvalue weighted by Gasteiger charge is -2.10. The molecule has 0 atom stereocenters. The van der Waals surface area contributed by atoms with Gasteiger partial charge in [0.25, 0.3) is 0 Å². The molecule has 0 fully saturated rings. The van der Waals surface area contributed by atoms with Gasteiger partial charge in [0, 0.05) is 0 Å². The van der Waals surface area contributed by atoms with Gasteiger partial charge in [0.2, 0.25) is 10.0 Å². The van der Waals surface area contributed by atoms with Crippen molar-refractivity contribution >= 4 is 16.0 Å². The molecule has 0 saturated carbocycles. The monoisotopic (exact) mass is 287 g/mol. The molecule has 0 amide bonds. The lowest BCUT2D eigenvalue weighted by Crippen LogP contribution is -2.30. The normalized spacial score (nSPS) is 11.1. The van der Waals surface area contributed by atoms with Crippen LogP contribution in [0, 0.1) is 6.92 Å². The highest BCUT2D eigenvalue weighted by molar-refractivity contribution is 7.89. The maximum absolute atomic E-state index is 11.9. The molecule has 1 rings (SSSR count). The van der Waals surface area contributed by atoms with E-state index in [9.17, 15) is 13.2 Å². The zero-order chi connectivity index (χ0) is 14.5. The summed E-state index contributed by atoms with van der Waals surface area (Å²) in [6.45, 7) is 3.71. The summed E-state index contributed by atoms with van der Waals surface area (Å²) >= 11 is 0. The minimum Gasteiger partial charge on any atom is -0.494 e. The molecule has 0 radical (unpaired) electrons. The number of carbonyl (C=O) groups is 1. The lowest BCUT2D eigenvalue weighted by atomic mass is 10.2. The van der Waals surface area contributed by atoms with Crippen molar-refractivity contribution in [2.45, 2.75) is 18.7 Å². The van der Waals surface area contributed by atoms with Crippen molar-refractivity contribution in [3.05, 3.63) is 23.8 Å². The number of methoxy groups -OCH3 is 1. The van der Waals surface area contributed by atoms with E-state index in [1.54, 1.807) is 13.0 Å². The fourth-order valence-electron chi connectivity index (χ4n) is 1.42. The Bertz CT molecular complexity index is 553. The molecule has 0 unspecified atom stereocenters. The van der Waals surface area contributed by atoms with Crippen LogP contribution >= 0.6 is 0 Å². The zero-order valence-electron chi connectivity index (χ0n) is 11.1. The van der Waals surface area contributed by atoms with Crippen molar-refractivity contribution in [3.8, 4) is 5.75 Å². The number of rotatable bonds is 6. The number of nitrogens with one attached hydrogen (secondary N) is 1. The van der Waals surface area contributed by atoms with E-state index >= 15 is 0 Å². The van der Waals surface area contributed by atoms with Gasteiger partial charge in [-0.05, 0) is 37.6 Å². The van der Waals surface area contributed by atoms with Crippen LogP contribution < -0.4 is 9.46 Å². The van der Waals surface area contributed by atoms with Crippen molar-refractivity contribution < 1.29 is 22.7 Å². The third-order valence-electron chi connectivity index (χ3n) is 2.39. The van der Waals surface area contributed by atoms with Gasteiger partial charge in [0.1, 0.15) is 12.3 Å². The molecule has 6 nitrogen and oxygen atoms in total. The summed E-state index contributed by atoms with van der Waals surface area (Å²) in [6, 6.07) is 4.51. The Morgan fingerprint density at radius 1 is 1.37 bits per heavy atom. The fraction of sp³-hybridized carbons (Fsp3) is 0.417. The average molecular weight is 287 g/mol. The van der Waals surface area contributed by atoms with Gasteiger partial charge in [-0.15, -0.1) is 0 Å². The summed E-state index contributed by atoms with van der Waals surface area (Å²) in [5.74, 6) is -0.0133. The van der Waals surface area contributed by atoms with Gasteiger partial charge in [-0.2, -0.15) is 4.72 Å². The van der Waals surface area contributed by atoms with Crippen LogP contribution in [0.25, 0.3) is 0 Å². The van der Waals surface area contributed by atoms with E-state index in [-0.39, 0.29) is 4.90 Å². The second-order valence-corrected chi connectivity index (χ2v) is 5.53. The number of aryl methyl sites for hydroxylation is 1. The lowest BCUT2D eigenvalue weighted by molar-refractivity contribution is -0.139. The molecule has 0 aliphatic carbocycles. The highest BCUT2D eigenvalue weighted by Crippen LogP contribution is 2.21. The SMILES string of the molecule is CCOc1ccc(S(=O)(=O)NCC(=O)OC)cc1C. The summed E-state index contributed by atoms with van der Waals surface area (Å²) in [7, 11) is -2.53. The van der Waals surface area contributed by atoms with E-state index in [0.29, 0.717) is 17.9 Å². The van der Waals surface area contributed by atoms with Crippen molar-refractivity contribution in [2.75, 3.05) is 20.3 Å². The molecule has 0 aliphatic rings. The number of hydrogen-bond acceptors (Lipinski definition) is 5. The third-order valence-corrected chi connectivity index (χ3v) is 3.79. The number of sulfonamides is 1. The summed E-state index contributed by atoms with van der Waals surface area (Å²) in [5.41, 5.74) is 0.711. The zero-order valence-corrected chi connectivity index (χ0v) is 11.9. The fourth-order valence-corrected chi connectivity index (χ4v) is 2.47. The first-order chi connectivity index (χ1) is 8.90. The number of benzene rings is 1. The van der Waals surface area contributed by atoms with E-state index in [1.807, 2.05) is 6.92 Å². The van der Waals surface area contributed by atoms with Gasteiger partial charge >= 0.3 is 5.97 Å². The first-order valence-corrected chi connectivity index (χ1v) is 7.19. The second-order valence-electron chi connectivity index (χ2n) is 3.76. The van der Waals surface area contributed by atoms with Crippen LogP contribution in [0.4, 0.5) is 0 Å². The summed E-state index contributed by atoms with van der Waals surface area (Å²) < 4.78 is 35.7. The highest BCUT2D eigenvalue weighted by atomic mass is 32.2. The molecule has 0 aromatic heterocycles. The van der Waals surface area contributed by atoms with Crippen LogP contribution in [0.3, 0.4) is 0 Å². The number of carbonyl (C=O) groups excluding carboxylic acids is 1. The highest BCUT2D eigenvalue weighted by Gasteiger charge is 2.16. The molecular weight excluding hydrogens is 270 g/mol. The molecule has 0 spiro atoms. The Kier molecular flexibility index (Phi) is 5.31. The molecule has 106 valence electrons. The Morgan fingerprint density at radius 3 is 2.58 bits per heavy atom. The topological polar surface area (TPSA) is 81.7 Å². The van der Waals surface area contributed by atoms with Crippen LogP contribution in [0.2, 0.25) is 0 Å². The molecule has 7 heteroatoms. The van der Waals surface area contributed by atoms with Gasteiger partial charge in [-0.1, -0.05) is 0 Å². The van der Waals surface area contributed by atoms with Gasteiger partial charge in [0.05, 0.1) is 18.6 Å². The maximum Gasteiger partial charge on any atom is 0.320 e. The predicted molar refractivity (Wildman–Crippen MR) is 69.6 cm³/mol. The molecule has 1 aromatic carbocycles. The van der Waals surface area contributed by atoms with Crippen molar-refractivity contribution in [3.63, 3.8) is 0 Å². The summed E-state index contributed by atoms with van der Waals surface area (Å²) in [6.07, 6.45) is 0. The van der Waals surface area contributed by atoms with Crippen molar-refractivity contribution in [1.29, 1.82) is 0 Å². The standard InChI is InChI=1S/C12H17NO5S/c1-4-18-11-6-5-10(7-9(11)2)19(15,16)13-8-12(14)17-3/h5-7,13H,4,8H2,1-3H3. The number of hydrogen-bond donors (Lipinski definition) is 1. The molecule has 0 saturated heterocycles. The van der Waals surface area contributed by atoms with Crippen LogP contribution in [-0.2, 0) is 19.6 Å². The van der Waals surface area contributed by atoms with Gasteiger partial charge in [-0.25, -0.2) is 8.42 Å². The quantitative estimate of drug-likeness (QED) is 0.784. The molecule has 0 heterocycles. The Morgan fingerprint density at radius 2 is 2.05 bits per heavy atom. The van der Waals surface area contributed by atoms with Crippen LogP contribution in [0.15, 0.2) is 23.1 Å². The first kappa shape index (κ1) is 15.5. The van der Waals surface area contributed by atoms with Crippen molar-refractivity contribution in [1.82, 2.24) is 4.72 Å². The van der Waals surface area contributed by atoms with E-state index in [0.717, 1.165) is 0 Å². The second kappa shape index (κ2) is 6.53.